The summed E-state index contributed by atoms with van der Waals surface area (Å²) in [5.74, 6) is 0.497. The molecule has 0 amide bonds. The summed E-state index contributed by atoms with van der Waals surface area (Å²) >= 11 is 5.67. The van der Waals surface area contributed by atoms with E-state index in [1.54, 1.807) is 30.6 Å². The standard InChI is InChI=1S/C10H8ClN3O/c11-8-3-2-7(6-9(8)15)14-10-12-4-1-5-13-10/h1-6,15H,(H,12,13,14). The fraction of sp³-hybridized carbons (Fsp3) is 0. The molecule has 0 saturated heterocycles. The fourth-order valence-corrected chi connectivity index (χ4v) is 1.20. The van der Waals surface area contributed by atoms with Crippen LogP contribution >= 0.6 is 11.6 Å². The highest BCUT2D eigenvalue weighted by molar-refractivity contribution is 6.32. The minimum Gasteiger partial charge on any atom is -0.506 e. The van der Waals surface area contributed by atoms with Crippen molar-refractivity contribution in [3.63, 3.8) is 0 Å². The molecule has 4 nitrogen and oxygen atoms in total. The number of nitrogens with one attached hydrogen (secondary N) is 1. The average molecular weight is 222 g/mol. The Bertz CT molecular complexity index is 461. The van der Waals surface area contributed by atoms with Gasteiger partial charge in [0, 0.05) is 24.1 Å². The zero-order chi connectivity index (χ0) is 10.7. The van der Waals surface area contributed by atoms with Crippen molar-refractivity contribution in [3.8, 4) is 5.75 Å². The smallest absolute Gasteiger partial charge is 0.227 e. The second-order valence-electron chi connectivity index (χ2n) is 2.86. The van der Waals surface area contributed by atoms with Crippen LogP contribution in [0.25, 0.3) is 0 Å². The maximum absolute atomic E-state index is 9.37. The third-order valence-electron chi connectivity index (χ3n) is 1.77. The molecule has 2 aromatic rings. The summed E-state index contributed by atoms with van der Waals surface area (Å²) in [7, 11) is 0. The van der Waals surface area contributed by atoms with Gasteiger partial charge in [-0.25, -0.2) is 9.97 Å². The first-order chi connectivity index (χ1) is 7.25. The second kappa shape index (κ2) is 4.14. The van der Waals surface area contributed by atoms with Crippen LogP contribution < -0.4 is 5.32 Å². The highest BCUT2D eigenvalue weighted by Crippen LogP contribution is 2.26. The summed E-state index contributed by atoms with van der Waals surface area (Å²) < 4.78 is 0. The van der Waals surface area contributed by atoms with E-state index < -0.39 is 0 Å². The molecule has 0 aliphatic rings. The summed E-state index contributed by atoms with van der Waals surface area (Å²) in [6.45, 7) is 0. The Hall–Kier alpha value is -1.81. The van der Waals surface area contributed by atoms with E-state index in [1.807, 2.05) is 0 Å². The third kappa shape index (κ3) is 2.35. The quantitative estimate of drug-likeness (QED) is 0.819. The van der Waals surface area contributed by atoms with E-state index >= 15 is 0 Å². The molecule has 0 aliphatic carbocycles. The Balaban J connectivity index is 2.22. The lowest BCUT2D eigenvalue weighted by Crippen LogP contribution is -1.95. The number of hydrogen-bond acceptors (Lipinski definition) is 4. The van der Waals surface area contributed by atoms with Gasteiger partial charge in [0.25, 0.3) is 0 Å². The topological polar surface area (TPSA) is 58.0 Å². The maximum atomic E-state index is 9.37. The average Bonchev–Trinajstić information content (AvgIpc) is 2.25. The number of benzene rings is 1. The first-order valence-corrected chi connectivity index (χ1v) is 4.66. The first kappa shape index (κ1) is 9.73. The van der Waals surface area contributed by atoms with Crippen LogP contribution in [0.3, 0.4) is 0 Å². The van der Waals surface area contributed by atoms with Crippen molar-refractivity contribution < 1.29 is 5.11 Å². The molecule has 1 aromatic carbocycles. The lowest BCUT2D eigenvalue weighted by molar-refractivity contribution is 0.476. The molecule has 5 heteroatoms. The van der Waals surface area contributed by atoms with E-state index in [2.05, 4.69) is 15.3 Å². The van der Waals surface area contributed by atoms with Gasteiger partial charge in [-0.3, -0.25) is 0 Å². The van der Waals surface area contributed by atoms with Crippen LogP contribution in [-0.4, -0.2) is 15.1 Å². The van der Waals surface area contributed by atoms with Gasteiger partial charge in [-0.2, -0.15) is 0 Å². The number of nitrogens with zero attached hydrogens (tertiary/aromatic N) is 2. The largest absolute Gasteiger partial charge is 0.506 e. The van der Waals surface area contributed by atoms with Crippen LogP contribution in [0.15, 0.2) is 36.7 Å². The van der Waals surface area contributed by atoms with Crippen molar-refractivity contribution >= 4 is 23.2 Å². The van der Waals surface area contributed by atoms with Crippen LogP contribution in [-0.2, 0) is 0 Å². The molecule has 76 valence electrons. The van der Waals surface area contributed by atoms with Crippen LogP contribution in [0.5, 0.6) is 5.75 Å². The zero-order valence-electron chi connectivity index (χ0n) is 7.68. The molecule has 0 aliphatic heterocycles. The number of hydrogen-bond donors (Lipinski definition) is 2. The normalized spacial score (nSPS) is 9.93. The van der Waals surface area contributed by atoms with Crippen molar-refractivity contribution in [1.29, 1.82) is 0 Å². The van der Waals surface area contributed by atoms with Gasteiger partial charge in [-0.05, 0) is 18.2 Å². The molecule has 0 fully saturated rings. The SMILES string of the molecule is Oc1cc(Nc2ncccn2)ccc1Cl. The number of phenols is 1. The maximum Gasteiger partial charge on any atom is 0.227 e. The van der Waals surface area contributed by atoms with E-state index in [4.69, 9.17) is 11.6 Å². The molecule has 0 radical (unpaired) electrons. The zero-order valence-corrected chi connectivity index (χ0v) is 8.44. The number of phenolic OH excluding ortho intramolecular Hbond substituents is 1. The highest BCUT2D eigenvalue weighted by atomic mass is 35.5. The van der Waals surface area contributed by atoms with Gasteiger partial charge < -0.3 is 10.4 Å². The minimum atomic E-state index is 0.0256. The van der Waals surface area contributed by atoms with Crippen molar-refractivity contribution in [1.82, 2.24) is 9.97 Å². The summed E-state index contributed by atoms with van der Waals surface area (Å²) in [5, 5.41) is 12.6. The molecule has 0 atom stereocenters. The van der Waals surface area contributed by atoms with Crippen molar-refractivity contribution in [2.24, 2.45) is 0 Å². The van der Waals surface area contributed by atoms with Crippen molar-refractivity contribution in [3.05, 3.63) is 41.7 Å². The molecule has 0 bridgehead atoms. The van der Waals surface area contributed by atoms with E-state index in [1.165, 1.54) is 6.07 Å². The lowest BCUT2D eigenvalue weighted by Gasteiger charge is -2.04. The van der Waals surface area contributed by atoms with Gasteiger partial charge in [0.2, 0.25) is 5.95 Å². The van der Waals surface area contributed by atoms with Gasteiger partial charge in [0.05, 0.1) is 5.02 Å². The van der Waals surface area contributed by atoms with Gasteiger partial charge in [0.15, 0.2) is 0 Å². The van der Waals surface area contributed by atoms with E-state index in [0.717, 1.165) is 0 Å². The molecule has 0 spiro atoms. The number of anilines is 2. The molecule has 2 rings (SSSR count). The number of aromatic hydroxyl groups is 1. The Morgan fingerprint density at radius 3 is 2.60 bits per heavy atom. The Morgan fingerprint density at radius 1 is 1.20 bits per heavy atom. The van der Waals surface area contributed by atoms with Crippen LogP contribution in [0.2, 0.25) is 5.02 Å². The third-order valence-corrected chi connectivity index (χ3v) is 2.09. The molecule has 0 saturated carbocycles. The molecular weight excluding hydrogens is 214 g/mol. The first-order valence-electron chi connectivity index (χ1n) is 4.28. The lowest BCUT2D eigenvalue weighted by atomic mass is 10.3. The summed E-state index contributed by atoms with van der Waals surface area (Å²) in [6.07, 6.45) is 3.26. The van der Waals surface area contributed by atoms with Crippen LogP contribution in [0.4, 0.5) is 11.6 Å². The van der Waals surface area contributed by atoms with Gasteiger partial charge in [-0.15, -0.1) is 0 Å². The number of rotatable bonds is 2. The van der Waals surface area contributed by atoms with E-state index in [-0.39, 0.29) is 5.75 Å². The number of aromatic nitrogens is 2. The van der Waals surface area contributed by atoms with Gasteiger partial charge >= 0.3 is 0 Å². The molecule has 15 heavy (non-hydrogen) atoms. The molecular formula is C10H8ClN3O. The Kier molecular flexibility index (Phi) is 2.69. The van der Waals surface area contributed by atoms with E-state index in [9.17, 15) is 5.11 Å². The number of halogens is 1. The Labute approximate surface area is 91.6 Å². The van der Waals surface area contributed by atoms with Crippen molar-refractivity contribution in [2.45, 2.75) is 0 Å². The van der Waals surface area contributed by atoms with Crippen molar-refractivity contribution in [2.75, 3.05) is 5.32 Å². The monoisotopic (exact) mass is 221 g/mol. The Morgan fingerprint density at radius 2 is 1.93 bits per heavy atom. The molecule has 2 N–H and O–H groups in total. The summed E-state index contributed by atoms with van der Waals surface area (Å²) in [5.41, 5.74) is 0.683. The predicted molar refractivity (Wildman–Crippen MR) is 58.4 cm³/mol. The fourth-order valence-electron chi connectivity index (χ4n) is 1.08. The van der Waals surface area contributed by atoms with E-state index in [0.29, 0.717) is 16.7 Å². The molecule has 1 aromatic heterocycles. The minimum absolute atomic E-state index is 0.0256. The van der Waals surface area contributed by atoms with Gasteiger partial charge in [0.1, 0.15) is 5.75 Å². The van der Waals surface area contributed by atoms with Gasteiger partial charge in [-0.1, -0.05) is 11.6 Å². The van der Waals surface area contributed by atoms with Crippen LogP contribution in [0.1, 0.15) is 0 Å². The summed E-state index contributed by atoms with van der Waals surface area (Å²) in [6, 6.07) is 6.57. The summed E-state index contributed by atoms with van der Waals surface area (Å²) in [4.78, 5) is 7.98. The molecule has 0 unspecified atom stereocenters. The van der Waals surface area contributed by atoms with Crippen LogP contribution in [0, 0.1) is 0 Å². The highest BCUT2D eigenvalue weighted by Gasteiger charge is 2.00. The second-order valence-corrected chi connectivity index (χ2v) is 3.27. The predicted octanol–water partition coefficient (Wildman–Crippen LogP) is 2.58. The molecule has 1 heterocycles.